The molecular weight excluding hydrogens is 317 g/mol. The number of hydrogen-bond acceptors (Lipinski definition) is 2. The third kappa shape index (κ3) is 3.31. The largest absolute Gasteiger partial charge is 0.417 e. The lowest BCUT2D eigenvalue weighted by molar-refractivity contribution is -0.137. The van der Waals surface area contributed by atoms with Crippen molar-refractivity contribution >= 4 is 11.4 Å². The van der Waals surface area contributed by atoms with E-state index in [0.29, 0.717) is 5.56 Å². The van der Waals surface area contributed by atoms with Crippen LogP contribution in [0.2, 0.25) is 0 Å². The van der Waals surface area contributed by atoms with Gasteiger partial charge in [-0.05, 0) is 47.7 Å². The van der Waals surface area contributed by atoms with E-state index in [0.717, 1.165) is 37.7 Å². The highest BCUT2D eigenvalue weighted by Gasteiger charge is 2.34. The smallest absolute Gasteiger partial charge is 0.372 e. The average molecular weight is 332 g/mol. The minimum atomic E-state index is -4.53. The monoisotopic (exact) mass is 332 g/mol. The Hall–Kier alpha value is -2.66. The molecule has 0 N–H and O–H groups in total. The van der Waals surface area contributed by atoms with Crippen molar-refractivity contribution in [3.05, 3.63) is 58.5 Å². The summed E-state index contributed by atoms with van der Waals surface area (Å²) in [7, 11) is 0. The number of nitrogens with zero attached hydrogens (tertiary/aromatic N) is 4. The van der Waals surface area contributed by atoms with Gasteiger partial charge in [0.05, 0.1) is 5.56 Å². The van der Waals surface area contributed by atoms with Crippen LogP contribution in [0.1, 0.15) is 18.4 Å². The van der Waals surface area contributed by atoms with Crippen LogP contribution in [0.4, 0.5) is 24.5 Å². The average Bonchev–Trinajstić information content (AvgIpc) is 3.09. The van der Waals surface area contributed by atoms with Gasteiger partial charge in [0.2, 0.25) is 0 Å². The maximum atomic E-state index is 13.4. The fraction of sp³-hybridized carbons (Fsp3) is 0.294. The zero-order valence-corrected chi connectivity index (χ0v) is 12.8. The molecule has 0 aliphatic carbocycles. The quantitative estimate of drug-likeness (QED) is 0.391. The second-order valence-corrected chi connectivity index (χ2v) is 5.66. The summed E-state index contributed by atoms with van der Waals surface area (Å²) in [6, 6.07) is 10.8. The summed E-state index contributed by atoms with van der Waals surface area (Å²) in [5.74, 6) is 0. The number of halogens is 3. The minimum absolute atomic E-state index is 0.0516. The maximum absolute atomic E-state index is 13.4. The van der Waals surface area contributed by atoms with E-state index >= 15 is 0 Å². The first-order valence-corrected chi connectivity index (χ1v) is 7.61. The van der Waals surface area contributed by atoms with Gasteiger partial charge < -0.3 is 4.90 Å². The Balaban J connectivity index is 2.08. The standard InChI is InChI=1S/C17H15F3N4/c18-17(19,20)16-11-13(22-23-21)6-7-15(16)12-4-3-5-14(10-12)24-8-1-2-9-24/h3-7,10-11H,1-2,8-9H2. The molecule has 2 aromatic carbocycles. The van der Waals surface area contributed by atoms with Gasteiger partial charge in [-0.3, -0.25) is 0 Å². The summed E-state index contributed by atoms with van der Waals surface area (Å²) in [6.07, 6.45) is -2.34. The molecule has 0 bridgehead atoms. The van der Waals surface area contributed by atoms with Crippen LogP contribution in [0, 0.1) is 0 Å². The highest BCUT2D eigenvalue weighted by atomic mass is 19.4. The molecule has 1 heterocycles. The van der Waals surface area contributed by atoms with Crippen molar-refractivity contribution in [1.82, 2.24) is 0 Å². The third-order valence-electron chi connectivity index (χ3n) is 4.10. The SMILES string of the molecule is [N-]=[N+]=Nc1ccc(-c2cccc(N3CCCC3)c2)c(C(F)(F)F)c1. The Morgan fingerprint density at radius 1 is 1.04 bits per heavy atom. The van der Waals surface area contributed by atoms with E-state index in [-0.39, 0.29) is 11.3 Å². The topological polar surface area (TPSA) is 52.0 Å². The van der Waals surface area contributed by atoms with Gasteiger partial charge in [0.25, 0.3) is 0 Å². The van der Waals surface area contributed by atoms with Crippen molar-refractivity contribution < 1.29 is 13.2 Å². The molecule has 4 nitrogen and oxygen atoms in total. The first-order valence-electron chi connectivity index (χ1n) is 7.61. The van der Waals surface area contributed by atoms with Crippen LogP contribution in [0.5, 0.6) is 0 Å². The fourth-order valence-corrected chi connectivity index (χ4v) is 2.98. The summed E-state index contributed by atoms with van der Waals surface area (Å²) in [6.45, 7) is 1.84. The van der Waals surface area contributed by atoms with Gasteiger partial charge in [0, 0.05) is 29.4 Å². The molecule has 124 valence electrons. The lowest BCUT2D eigenvalue weighted by Crippen LogP contribution is -2.17. The molecule has 1 aliphatic rings. The Bertz CT molecular complexity index is 789. The number of azide groups is 1. The molecule has 1 saturated heterocycles. The van der Waals surface area contributed by atoms with Crippen LogP contribution in [-0.2, 0) is 6.18 Å². The van der Waals surface area contributed by atoms with Crippen LogP contribution >= 0.6 is 0 Å². The van der Waals surface area contributed by atoms with Gasteiger partial charge in [0.1, 0.15) is 0 Å². The number of hydrogen-bond donors (Lipinski definition) is 0. The van der Waals surface area contributed by atoms with Crippen molar-refractivity contribution in [1.29, 1.82) is 0 Å². The Morgan fingerprint density at radius 2 is 1.79 bits per heavy atom. The zero-order chi connectivity index (χ0) is 17.2. The van der Waals surface area contributed by atoms with Gasteiger partial charge >= 0.3 is 6.18 Å². The molecule has 0 radical (unpaired) electrons. The lowest BCUT2D eigenvalue weighted by Gasteiger charge is -2.19. The molecule has 0 saturated carbocycles. The number of anilines is 1. The summed E-state index contributed by atoms with van der Waals surface area (Å²) < 4.78 is 40.2. The predicted octanol–water partition coefficient (Wildman–Crippen LogP) is 5.91. The van der Waals surface area contributed by atoms with E-state index in [1.807, 2.05) is 6.07 Å². The van der Waals surface area contributed by atoms with E-state index < -0.39 is 11.7 Å². The molecule has 1 fully saturated rings. The van der Waals surface area contributed by atoms with E-state index in [1.165, 1.54) is 12.1 Å². The van der Waals surface area contributed by atoms with E-state index in [4.69, 9.17) is 5.53 Å². The Morgan fingerprint density at radius 3 is 2.46 bits per heavy atom. The van der Waals surface area contributed by atoms with E-state index in [9.17, 15) is 13.2 Å². The second-order valence-electron chi connectivity index (χ2n) is 5.66. The van der Waals surface area contributed by atoms with Crippen molar-refractivity contribution in [3.8, 4) is 11.1 Å². The molecule has 24 heavy (non-hydrogen) atoms. The predicted molar refractivity (Wildman–Crippen MR) is 87.1 cm³/mol. The van der Waals surface area contributed by atoms with E-state index in [1.54, 1.807) is 18.2 Å². The third-order valence-corrected chi connectivity index (χ3v) is 4.10. The van der Waals surface area contributed by atoms with Gasteiger partial charge in [-0.2, -0.15) is 13.2 Å². The summed E-state index contributed by atoms with van der Waals surface area (Å²) >= 11 is 0. The number of benzene rings is 2. The molecule has 3 rings (SSSR count). The Kier molecular flexibility index (Phi) is 4.36. The molecule has 0 spiro atoms. The van der Waals surface area contributed by atoms with Gasteiger partial charge in [0.15, 0.2) is 0 Å². The van der Waals surface area contributed by atoms with Crippen molar-refractivity contribution in [2.75, 3.05) is 18.0 Å². The van der Waals surface area contributed by atoms with Crippen LogP contribution in [0.25, 0.3) is 21.6 Å². The van der Waals surface area contributed by atoms with Crippen LogP contribution < -0.4 is 4.90 Å². The van der Waals surface area contributed by atoms with Crippen LogP contribution in [-0.4, -0.2) is 13.1 Å². The highest BCUT2D eigenvalue weighted by Crippen LogP contribution is 2.40. The molecule has 1 aliphatic heterocycles. The van der Waals surface area contributed by atoms with Crippen molar-refractivity contribution in [2.45, 2.75) is 19.0 Å². The van der Waals surface area contributed by atoms with Gasteiger partial charge in [-0.1, -0.05) is 29.4 Å². The summed E-state index contributed by atoms with van der Waals surface area (Å²) in [4.78, 5) is 4.72. The first kappa shape index (κ1) is 16.2. The summed E-state index contributed by atoms with van der Waals surface area (Å²) in [5.41, 5.74) is 9.09. The fourth-order valence-electron chi connectivity index (χ4n) is 2.98. The highest BCUT2D eigenvalue weighted by molar-refractivity contribution is 5.73. The lowest BCUT2D eigenvalue weighted by atomic mass is 9.98. The van der Waals surface area contributed by atoms with Gasteiger partial charge in [-0.25, -0.2) is 0 Å². The second kappa shape index (κ2) is 6.45. The Labute approximate surface area is 137 Å². The van der Waals surface area contributed by atoms with Crippen molar-refractivity contribution in [2.24, 2.45) is 5.11 Å². The molecule has 0 atom stereocenters. The van der Waals surface area contributed by atoms with E-state index in [2.05, 4.69) is 14.9 Å². The number of rotatable bonds is 3. The maximum Gasteiger partial charge on any atom is 0.417 e. The van der Waals surface area contributed by atoms with Gasteiger partial charge in [-0.15, -0.1) is 0 Å². The minimum Gasteiger partial charge on any atom is -0.372 e. The van der Waals surface area contributed by atoms with Crippen molar-refractivity contribution in [3.63, 3.8) is 0 Å². The normalized spacial score (nSPS) is 14.5. The molecular formula is C17H15F3N4. The number of alkyl halides is 3. The molecule has 0 aromatic heterocycles. The molecule has 0 unspecified atom stereocenters. The zero-order valence-electron chi connectivity index (χ0n) is 12.8. The molecule has 0 amide bonds. The first-order chi connectivity index (χ1) is 11.5. The van der Waals surface area contributed by atoms with Crippen LogP contribution in [0.3, 0.4) is 0 Å². The molecule has 2 aromatic rings. The molecule has 7 heteroatoms. The summed E-state index contributed by atoms with van der Waals surface area (Å²) in [5, 5.41) is 3.27. The van der Waals surface area contributed by atoms with Crippen LogP contribution in [0.15, 0.2) is 47.6 Å².